The number of methoxy groups -OCH3 is 1. The maximum atomic E-state index is 13.9. The van der Waals surface area contributed by atoms with Gasteiger partial charge in [0.05, 0.1) is 17.5 Å². The van der Waals surface area contributed by atoms with Crippen LogP contribution in [0.1, 0.15) is 19.4 Å². The minimum Gasteiger partial charge on any atom is -0.493 e. The van der Waals surface area contributed by atoms with Gasteiger partial charge in [-0.25, -0.2) is 8.78 Å². The Morgan fingerprint density at radius 1 is 1.50 bits per heavy atom. The van der Waals surface area contributed by atoms with Crippen LogP contribution < -0.4 is 4.74 Å². The summed E-state index contributed by atoms with van der Waals surface area (Å²) in [5.74, 6) is -3.11. The molecule has 0 unspecified atom stereocenters. The maximum Gasteiger partial charge on any atom is 0.309 e. The summed E-state index contributed by atoms with van der Waals surface area (Å²) in [6, 6.07) is 0.799. The average Bonchev–Trinajstić information content (AvgIpc) is 2.25. The summed E-state index contributed by atoms with van der Waals surface area (Å²) < 4.78 is 32.2. The van der Waals surface area contributed by atoms with Gasteiger partial charge in [0.2, 0.25) is 0 Å². The number of halogens is 3. The first-order valence-corrected chi connectivity index (χ1v) is 5.52. The van der Waals surface area contributed by atoms with Gasteiger partial charge >= 0.3 is 5.97 Å². The second kappa shape index (κ2) is 5.10. The van der Waals surface area contributed by atoms with Crippen LogP contribution in [0.5, 0.6) is 5.75 Å². The molecular weight excluding hydrogens is 266 g/mol. The predicted molar refractivity (Wildman–Crippen MR) is 63.0 cm³/mol. The molecule has 0 heterocycles. The van der Waals surface area contributed by atoms with Gasteiger partial charge in [-0.3, -0.25) is 4.79 Å². The molecule has 1 aromatic carbocycles. The van der Waals surface area contributed by atoms with Crippen molar-refractivity contribution in [1.29, 1.82) is 0 Å². The molecule has 0 radical (unpaired) electrons. The Morgan fingerprint density at radius 3 is 2.50 bits per heavy atom. The highest BCUT2D eigenvalue weighted by molar-refractivity contribution is 6.30. The van der Waals surface area contributed by atoms with E-state index >= 15 is 0 Å². The van der Waals surface area contributed by atoms with Crippen molar-refractivity contribution in [2.24, 2.45) is 5.41 Å². The van der Waals surface area contributed by atoms with Crippen LogP contribution in [-0.4, -0.2) is 18.2 Å². The van der Waals surface area contributed by atoms with Crippen LogP contribution >= 0.6 is 11.6 Å². The minimum absolute atomic E-state index is 0.171. The highest BCUT2D eigenvalue weighted by atomic mass is 35.5. The summed E-state index contributed by atoms with van der Waals surface area (Å²) in [6.45, 7) is 2.82. The van der Waals surface area contributed by atoms with Gasteiger partial charge in [-0.1, -0.05) is 11.6 Å². The molecule has 0 atom stereocenters. The molecule has 0 aliphatic heterocycles. The molecule has 1 N–H and O–H groups in total. The lowest BCUT2D eigenvalue weighted by Gasteiger charge is -2.21. The van der Waals surface area contributed by atoms with E-state index < -0.39 is 28.0 Å². The number of benzene rings is 1. The first-order valence-electron chi connectivity index (χ1n) is 5.14. The second-order valence-corrected chi connectivity index (χ2v) is 4.94. The van der Waals surface area contributed by atoms with Crippen molar-refractivity contribution < 1.29 is 23.4 Å². The highest BCUT2D eigenvalue weighted by Crippen LogP contribution is 2.35. The zero-order chi connectivity index (χ0) is 14.1. The van der Waals surface area contributed by atoms with Gasteiger partial charge in [0.15, 0.2) is 11.6 Å². The Hall–Kier alpha value is -1.36. The zero-order valence-electron chi connectivity index (χ0n) is 10.2. The summed E-state index contributed by atoms with van der Waals surface area (Å²) in [7, 11) is 1.18. The van der Waals surface area contributed by atoms with E-state index in [0.717, 1.165) is 6.07 Å². The van der Waals surface area contributed by atoms with Crippen LogP contribution in [0.25, 0.3) is 0 Å². The molecule has 0 aliphatic rings. The van der Waals surface area contributed by atoms with E-state index in [9.17, 15) is 13.6 Å². The molecule has 0 fully saturated rings. The van der Waals surface area contributed by atoms with Crippen molar-refractivity contribution >= 4 is 17.6 Å². The molecule has 1 rings (SSSR count). The number of carbonyl (C=O) groups is 1. The largest absolute Gasteiger partial charge is 0.493 e. The first-order chi connectivity index (χ1) is 8.20. The van der Waals surface area contributed by atoms with E-state index in [2.05, 4.69) is 0 Å². The summed E-state index contributed by atoms with van der Waals surface area (Å²) in [5, 5.41) is 8.61. The first kappa shape index (κ1) is 14.7. The maximum absolute atomic E-state index is 13.9. The molecule has 18 heavy (non-hydrogen) atoms. The third-order valence-corrected chi connectivity index (χ3v) is 2.90. The topological polar surface area (TPSA) is 46.5 Å². The summed E-state index contributed by atoms with van der Waals surface area (Å²) in [4.78, 5) is 11.0. The van der Waals surface area contributed by atoms with E-state index in [-0.39, 0.29) is 17.7 Å². The highest BCUT2D eigenvalue weighted by Gasteiger charge is 2.32. The molecule has 0 saturated heterocycles. The van der Waals surface area contributed by atoms with E-state index in [0.29, 0.717) is 0 Å². The van der Waals surface area contributed by atoms with Crippen molar-refractivity contribution in [3.8, 4) is 5.75 Å². The fourth-order valence-electron chi connectivity index (χ4n) is 1.52. The fraction of sp³-hybridized carbons (Fsp3) is 0.417. The third-order valence-electron chi connectivity index (χ3n) is 2.62. The van der Waals surface area contributed by atoms with Crippen LogP contribution in [0.4, 0.5) is 8.78 Å². The number of ether oxygens (including phenoxy) is 1. The minimum atomic E-state index is -1.26. The van der Waals surface area contributed by atoms with Crippen molar-refractivity contribution in [2.75, 3.05) is 7.11 Å². The summed E-state index contributed by atoms with van der Waals surface area (Å²) in [5.41, 5.74) is -1.43. The van der Waals surface area contributed by atoms with E-state index in [4.69, 9.17) is 21.4 Å². The SMILES string of the molecule is COc1c(F)cc(Cl)c(F)c1CC(C)(C)C(=O)O. The molecule has 0 aromatic heterocycles. The van der Waals surface area contributed by atoms with Crippen molar-refractivity contribution in [1.82, 2.24) is 0 Å². The average molecular weight is 279 g/mol. The molecule has 0 aliphatic carbocycles. The normalized spacial score (nSPS) is 11.4. The molecule has 6 heteroatoms. The van der Waals surface area contributed by atoms with E-state index in [1.165, 1.54) is 21.0 Å². The third kappa shape index (κ3) is 2.72. The Bertz CT molecular complexity index is 487. The van der Waals surface area contributed by atoms with Gasteiger partial charge in [-0.05, 0) is 26.3 Å². The molecule has 0 bridgehead atoms. The van der Waals surface area contributed by atoms with Crippen LogP contribution in [0, 0.1) is 17.0 Å². The smallest absolute Gasteiger partial charge is 0.309 e. The Kier molecular flexibility index (Phi) is 4.16. The molecule has 1 aromatic rings. The van der Waals surface area contributed by atoms with Gasteiger partial charge in [0.1, 0.15) is 5.82 Å². The van der Waals surface area contributed by atoms with Crippen molar-refractivity contribution in [3.05, 3.63) is 28.3 Å². The van der Waals surface area contributed by atoms with Crippen LogP contribution in [0.15, 0.2) is 6.07 Å². The lowest BCUT2D eigenvalue weighted by atomic mass is 9.85. The standard InChI is InChI=1S/C12H13ClF2O3/c1-12(2,11(16)17)5-6-9(15)7(13)4-8(14)10(6)18-3/h4H,5H2,1-3H3,(H,16,17). The van der Waals surface area contributed by atoms with Gasteiger partial charge in [-0.2, -0.15) is 0 Å². The molecular formula is C12H13ClF2O3. The summed E-state index contributed by atoms with van der Waals surface area (Å²) >= 11 is 5.54. The zero-order valence-corrected chi connectivity index (χ0v) is 10.9. The van der Waals surface area contributed by atoms with E-state index in [1.807, 2.05) is 0 Å². The molecule has 100 valence electrons. The van der Waals surface area contributed by atoms with Gasteiger partial charge in [0, 0.05) is 5.56 Å². The molecule has 3 nitrogen and oxygen atoms in total. The Balaban J connectivity index is 3.35. The number of rotatable bonds is 4. The van der Waals surface area contributed by atoms with Crippen LogP contribution in [-0.2, 0) is 11.2 Å². The monoisotopic (exact) mass is 278 g/mol. The lowest BCUT2D eigenvalue weighted by Crippen LogP contribution is -2.27. The molecule has 0 amide bonds. The van der Waals surface area contributed by atoms with Crippen LogP contribution in [0.3, 0.4) is 0 Å². The van der Waals surface area contributed by atoms with Gasteiger partial charge in [-0.15, -0.1) is 0 Å². The Morgan fingerprint density at radius 2 is 2.06 bits per heavy atom. The van der Waals surface area contributed by atoms with Crippen LogP contribution in [0.2, 0.25) is 5.02 Å². The number of aliphatic carboxylic acids is 1. The molecule has 0 saturated carbocycles. The second-order valence-electron chi connectivity index (χ2n) is 4.53. The number of carboxylic acid groups (broad SMARTS) is 1. The van der Waals surface area contributed by atoms with Gasteiger partial charge in [0.25, 0.3) is 0 Å². The number of carboxylic acids is 1. The van der Waals surface area contributed by atoms with E-state index in [1.54, 1.807) is 0 Å². The predicted octanol–water partition coefficient (Wildman–Crippen LogP) is 3.28. The molecule has 0 spiro atoms. The van der Waals surface area contributed by atoms with Crippen molar-refractivity contribution in [3.63, 3.8) is 0 Å². The lowest BCUT2D eigenvalue weighted by molar-refractivity contribution is -0.146. The quantitative estimate of drug-likeness (QED) is 0.860. The fourth-order valence-corrected chi connectivity index (χ4v) is 1.73. The number of hydrogen-bond donors (Lipinski definition) is 1. The van der Waals surface area contributed by atoms with Gasteiger partial charge < -0.3 is 9.84 Å². The number of hydrogen-bond acceptors (Lipinski definition) is 2. The Labute approximate surface area is 108 Å². The summed E-state index contributed by atoms with van der Waals surface area (Å²) in [6.07, 6.45) is -0.227. The van der Waals surface area contributed by atoms with Crippen molar-refractivity contribution in [2.45, 2.75) is 20.3 Å².